The fourth-order valence-corrected chi connectivity index (χ4v) is 1.97. The summed E-state index contributed by atoms with van der Waals surface area (Å²) >= 11 is 0. The lowest BCUT2D eigenvalue weighted by atomic mass is 10.1. The second-order valence-corrected chi connectivity index (χ2v) is 4.85. The first-order valence-electron chi connectivity index (χ1n) is 7.17. The van der Waals surface area contributed by atoms with Crippen molar-refractivity contribution in [3.8, 4) is 11.8 Å². The normalized spacial score (nSPS) is 9.77. The van der Waals surface area contributed by atoms with Gasteiger partial charge < -0.3 is 10.1 Å². The fourth-order valence-electron chi connectivity index (χ4n) is 1.97. The first-order valence-corrected chi connectivity index (χ1v) is 7.17. The molecule has 0 fully saturated rings. The van der Waals surface area contributed by atoms with Crippen LogP contribution in [0.15, 0.2) is 54.6 Å². The molecule has 4 nitrogen and oxygen atoms in total. The van der Waals surface area contributed by atoms with Crippen LogP contribution >= 0.6 is 0 Å². The number of hydrogen-bond donors (Lipinski definition) is 1. The number of hydrogen-bond acceptors (Lipinski definition) is 3. The molecule has 0 heterocycles. The van der Waals surface area contributed by atoms with Crippen LogP contribution in [0.4, 0.5) is 0 Å². The summed E-state index contributed by atoms with van der Waals surface area (Å²) in [5, 5.41) is 11.1. The number of nitrogens with zero attached hydrogens (tertiary/aromatic N) is 1. The Bertz CT molecular complexity index is 630. The number of rotatable bonds is 7. The van der Waals surface area contributed by atoms with Gasteiger partial charge in [-0.2, -0.15) is 5.26 Å². The summed E-state index contributed by atoms with van der Waals surface area (Å²) in [6, 6.07) is 19.6. The van der Waals surface area contributed by atoms with Gasteiger partial charge in [-0.3, -0.25) is 4.79 Å². The molecule has 0 atom stereocenters. The maximum absolute atomic E-state index is 11.2. The van der Waals surface area contributed by atoms with Crippen molar-refractivity contribution in [1.82, 2.24) is 5.32 Å². The summed E-state index contributed by atoms with van der Waals surface area (Å²) in [6.07, 6.45) is 0.641. The number of nitrogens with one attached hydrogen (secondary N) is 1. The molecule has 0 saturated heterocycles. The highest BCUT2D eigenvalue weighted by Crippen LogP contribution is 2.14. The molecule has 1 N–H and O–H groups in total. The minimum absolute atomic E-state index is 0.0910. The largest absolute Gasteiger partial charge is 0.489 e. The summed E-state index contributed by atoms with van der Waals surface area (Å²) in [5.41, 5.74) is 2.25. The quantitative estimate of drug-likeness (QED) is 0.854. The zero-order valence-corrected chi connectivity index (χ0v) is 12.3. The van der Waals surface area contributed by atoms with Gasteiger partial charge in [-0.15, -0.1) is 0 Å². The summed E-state index contributed by atoms with van der Waals surface area (Å²) < 4.78 is 5.72. The van der Waals surface area contributed by atoms with Crippen molar-refractivity contribution in [2.45, 2.75) is 19.4 Å². The summed E-state index contributed by atoms with van der Waals surface area (Å²) in [6.45, 7) is 1.08. The van der Waals surface area contributed by atoms with Gasteiger partial charge in [-0.05, 0) is 29.7 Å². The van der Waals surface area contributed by atoms with E-state index in [9.17, 15) is 4.79 Å². The van der Waals surface area contributed by atoms with Crippen molar-refractivity contribution in [3.63, 3.8) is 0 Å². The van der Waals surface area contributed by atoms with Gasteiger partial charge in [-0.1, -0.05) is 42.5 Å². The lowest BCUT2D eigenvalue weighted by Crippen LogP contribution is -2.24. The van der Waals surface area contributed by atoms with E-state index in [-0.39, 0.29) is 12.3 Å². The van der Waals surface area contributed by atoms with Crippen molar-refractivity contribution >= 4 is 5.91 Å². The second-order valence-electron chi connectivity index (χ2n) is 4.85. The van der Waals surface area contributed by atoms with Crippen molar-refractivity contribution in [2.24, 2.45) is 0 Å². The molecule has 0 bridgehead atoms. The fraction of sp³-hybridized carbons (Fsp3) is 0.222. The minimum Gasteiger partial charge on any atom is -0.489 e. The number of carbonyl (C=O) groups is 1. The molecule has 0 radical (unpaired) electrons. The number of amides is 1. The Labute approximate surface area is 130 Å². The topological polar surface area (TPSA) is 62.1 Å². The van der Waals surface area contributed by atoms with Gasteiger partial charge >= 0.3 is 0 Å². The Balaban J connectivity index is 1.76. The van der Waals surface area contributed by atoms with Crippen molar-refractivity contribution < 1.29 is 9.53 Å². The van der Waals surface area contributed by atoms with Gasteiger partial charge in [0.2, 0.25) is 5.91 Å². The molecule has 2 aromatic rings. The van der Waals surface area contributed by atoms with Crippen LogP contribution in [0.25, 0.3) is 0 Å². The van der Waals surface area contributed by atoms with Crippen LogP contribution in [-0.2, 0) is 17.8 Å². The molecule has 112 valence electrons. The highest BCUT2D eigenvalue weighted by atomic mass is 16.5. The summed E-state index contributed by atoms with van der Waals surface area (Å²) in [5.74, 6) is 0.589. The molecule has 2 aromatic carbocycles. The molecule has 1 amide bonds. The molecule has 4 heteroatoms. The number of benzene rings is 2. The van der Waals surface area contributed by atoms with Gasteiger partial charge in [0.05, 0.1) is 6.07 Å². The lowest BCUT2D eigenvalue weighted by Gasteiger charge is -2.08. The Hall–Kier alpha value is -2.80. The first kappa shape index (κ1) is 15.6. The lowest BCUT2D eigenvalue weighted by molar-refractivity contribution is -0.120. The number of ether oxygens (including phenoxy) is 1. The third-order valence-electron chi connectivity index (χ3n) is 3.15. The van der Waals surface area contributed by atoms with E-state index in [4.69, 9.17) is 10.00 Å². The van der Waals surface area contributed by atoms with Crippen LogP contribution in [0.1, 0.15) is 17.5 Å². The molecule has 0 aliphatic heterocycles. The smallest absolute Gasteiger partial charge is 0.234 e. The SMILES string of the molecule is N#CCC(=O)NCCc1ccc(OCc2ccccc2)cc1. The van der Waals surface area contributed by atoms with Gasteiger partial charge in [-0.25, -0.2) is 0 Å². The highest BCUT2D eigenvalue weighted by molar-refractivity contribution is 5.77. The van der Waals surface area contributed by atoms with Gasteiger partial charge in [0.1, 0.15) is 18.8 Å². The third-order valence-corrected chi connectivity index (χ3v) is 3.15. The maximum atomic E-state index is 11.2. The van der Waals surface area contributed by atoms with E-state index < -0.39 is 0 Å². The molecule has 0 saturated carbocycles. The monoisotopic (exact) mass is 294 g/mol. The summed E-state index contributed by atoms with van der Waals surface area (Å²) in [4.78, 5) is 11.2. The molecule has 2 rings (SSSR count). The Morgan fingerprint density at radius 1 is 1.05 bits per heavy atom. The Morgan fingerprint density at radius 3 is 2.45 bits per heavy atom. The van der Waals surface area contributed by atoms with Gasteiger partial charge in [0.15, 0.2) is 0 Å². The molecule has 0 aromatic heterocycles. The second kappa shape index (κ2) is 8.48. The zero-order chi connectivity index (χ0) is 15.6. The molecule has 0 aliphatic carbocycles. The van der Waals surface area contributed by atoms with E-state index in [0.717, 1.165) is 23.3 Å². The van der Waals surface area contributed by atoms with Crippen LogP contribution in [-0.4, -0.2) is 12.5 Å². The van der Waals surface area contributed by atoms with Crippen molar-refractivity contribution in [3.05, 3.63) is 65.7 Å². The molecular formula is C18H18N2O2. The van der Waals surface area contributed by atoms with Crippen LogP contribution in [0.2, 0.25) is 0 Å². The predicted octanol–water partition coefficient (Wildman–Crippen LogP) is 2.84. The van der Waals surface area contributed by atoms with Crippen molar-refractivity contribution in [1.29, 1.82) is 5.26 Å². The van der Waals surface area contributed by atoms with E-state index in [1.165, 1.54) is 0 Å². The maximum Gasteiger partial charge on any atom is 0.234 e. The van der Waals surface area contributed by atoms with Crippen LogP contribution < -0.4 is 10.1 Å². The van der Waals surface area contributed by atoms with Crippen molar-refractivity contribution in [2.75, 3.05) is 6.54 Å². The van der Waals surface area contributed by atoms with E-state index in [2.05, 4.69) is 5.32 Å². The molecular weight excluding hydrogens is 276 g/mol. The van der Waals surface area contributed by atoms with E-state index >= 15 is 0 Å². The van der Waals surface area contributed by atoms with Crippen LogP contribution in [0, 0.1) is 11.3 Å². The highest BCUT2D eigenvalue weighted by Gasteiger charge is 2.00. The third kappa shape index (κ3) is 5.29. The molecule has 0 spiro atoms. The number of carbonyl (C=O) groups excluding carboxylic acids is 1. The number of nitriles is 1. The first-order chi connectivity index (χ1) is 10.8. The Kier molecular flexibility index (Phi) is 6.01. The molecule has 22 heavy (non-hydrogen) atoms. The molecule has 0 aliphatic rings. The van der Waals surface area contributed by atoms with Crippen LogP contribution in [0.5, 0.6) is 5.75 Å². The minimum atomic E-state index is -0.231. The predicted molar refractivity (Wildman–Crippen MR) is 84.2 cm³/mol. The molecule has 0 unspecified atom stereocenters. The van der Waals surface area contributed by atoms with Gasteiger partial charge in [0.25, 0.3) is 0 Å². The average molecular weight is 294 g/mol. The Morgan fingerprint density at radius 2 is 1.77 bits per heavy atom. The summed E-state index contributed by atoms with van der Waals surface area (Å²) in [7, 11) is 0. The zero-order valence-electron chi connectivity index (χ0n) is 12.3. The average Bonchev–Trinajstić information content (AvgIpc) is 2.55. The van der Waals surface area contributed by atoms with E-state index in [1.54, 1.807) is 0 Å². The standard InChI is InChI=1S/C18H18N2O2/c19-12-10-18(21)20-13-11-15-6-8-17(9-7-15)22-14-16-4-2-1-3-5-16/h1-9H,10-11,13-14H2,(H,20,21). The van der Waals surface area contributed by atoms with Gasteiger partial charge in [0, 0.05) is 6.54 Å². The van der Waals surface area contributed by atoms with E-state index in [1.807, 2.05) is 60.7 Å². The van der Waals surface area contributed by atoms with E-state index in [0.29, 0.717) is 13.2 Å². The van der Waals surface area contributed by atoms with Crippen LogP contribution in [0.3, 0.4) is 0 Å².